The number of hydrazone groups is 1. The normalized spacial score (nSPS) is 10.9. The fraction of sp³-hybridized carbons (Fsp3) is 0.136. The van der Waals surface area contributed by atoms with Crippen LogP contribution in [0.25, 0.3) is 11.3 Å². The van der Waals surface area contributed by atoms with E-state index in [2.05, 4.69) is 10.5 Å². The van der Waals surface area contributed by atoms with Crippen LogP contribution in [-0.2, 0) is 16.0 Å². The molecule has 1 N–H and O–H groups in total. The van der Waals surface area contributed by atoms with Gasteiger partial charge in [-0.15, -0.1) is 0 Å². The van der Waals surface area contributed by atoms with Gasteiger partial charge >= 0.3 is 5.97 Å². The zero-order valence-electron chi connectivity index (χ0n) is 15.9. The number of halogens is 1. The van der Waals surface area contributed by atoms with Crippen LogP contribution in [0.15, 0.2) is 64.1 Å². The van der Waals surface area contributed by atoms with E-state index in [0.717, 1.165) is 11.1 Å². The van der Waals surface area contributed by atoms with Crippen molar-refractivity contribution in [3.63, 3.8) is 0 Å². The van der Waals surface area contributed by atoms with Crippen molar-refractivity contribution in [2.24, 2.45) is 5.10 Å². The van der Waals surface area contributed by atoms with Crippen LogP contribution in [-0.4, -0.2) is 25.2 Å². The molecule has 29 heavy (non-hydrogen) atoms. The van der Waals surface area contributed by atoms with Crippen molar-refractivity contribution in [3.8, 4) is 11.3 Å². The van der Waals surface area contributed by atoms with Gasteiger partial charge < -0.3 is 9.15 Å². The molecule has 0 radical (unpaired) electrons. The number of rotatable bonds is 6. The number of esters is 1. The molecule has 3 rings (SSSR count). The lowest BCUT2D eigenvalue weighted by Gasteiger charge is -2.04. The van der Waals surface area contributed by atoms with E-state index >= 15 is 0 Å². The number of carbonyl (C=O) groups is 2. The van der Waals surface area contributed by atoms with E-state index in [1.165, 1.54) is 13.3 Å². The Morgan fingerprint density at radius 2 is 1.90 bits per heavy atom. The maximum Gasteiger partial charge on any atom is 0.339 e. The minimum atomic E-state index is -0.526. The number of aryl methyl sites for hydroxylation is 1. The minimum absolute atomic E-state index is 0.225. The third kappa shape index (κ3) is 5.33. The first kappa shape index (κ1) is 20.4. The highest BCUT2D eigenvalue weighted by Crippen LogP contribution is 2.27. The van der Waals surface area contributed by atoms with E-state index in [-0.39, 0.29) is 17.9 Å². The molecular formula is C22H19ClN2O4. The van der Waals surface area contributed by atoms with Gasteiger partial charge in [-0.3, -0.25) is 4.79 Å². The lowest BCUT2D eigenvalue weighted by Crippen LogP contribution is -2.19. The topological polar surface area (TPSA) is 80.9 Å². The van der Waals surface area contributed by atoms with Gasteiger partial charge in [0.05, 0.1) is 30.3 Å². The number of nitrogens with zero attached hydrogens (tertiary/aromatic N) is 1. The Labute approximate surface area is 173 Å². The van der Waals surface area contributed by atoms with Crippen LogP contribution in [0.4, 0.5) is 0 Å². The number of hydrogen-bond acceptors (Lipinski definition) is 5. The second kappa shape index (κ2) is 9.21. The Morgan fingerprint density at radius 3 is 2.62 bits per heavy atom. The Kier molecular flexibility index (Phi) is 6.46. The standard InChI is InChI=1S/C22H19ClN2O4/c1-14-3-5-15(6-4-14)11-21(26)25-24-13-17-8-10-20(29-17)16-7-9-19(23)18(12-16)22(27)28-2/h3-10,12-13H,11H2,1-2H3,(H,25,26)/b24-13-. The second-order valence-corrected chi connectivity index (χ2v) is 6.75. The summed E-state index contributed by atoms with van der Waals surface area (Å²) in [5.74, 6) is 0.225. The monoisotopic (exact) mass is 410 g/mol. The highest BCUT2D eigenvalue weighted by Gasteiger charge is 2.13. The Bertz CT molecular complexity index is 1050. The number of furan rings is 1. The summed E-state index contributed by atoms with van der Waals surface area (Å²) in [5, 5.41) is 4.22. The molecule has 0 bridgehead atoms. The zero-order valence-corrected chi connectivity index (χ0v) is 16.7. The lowest BCUT2D eigenvalue weighted by atomic mass is 10.1. The SMILES string of the molecule is COC(=O)c1cc(-c2ccc(/C=N\NC(=O)Cc3ccc(C)cc3)o2)ccc1Cl. The smallest absolute Gasteiger partial charge is 0.339 e. The van der Waals surface area contributed by atoms with Gasteiger partial charge in [0.2, 0.25) is 5.91 Å². The molecule has 0 unspecified atom stereocenters. The van der Waals surface area contributed by atoms with E-state index in [4.69, 9.17) is 20.8 Å². The van der Waals surface area contributed by atoms with E-state index in [9.17, 15) is 9.59 Å². The van der Waals surface area contributed by atoms with Gasteiger partial charge in [-0.2, -0.15) is 5.10 Å². The van der Waals surface area contributed by atoms with Gasteiger partial charge in [-0.25, -0.2) is 10.2 Å². The molecule has 1 aromatic heterocycles. The fourth-order valence-corrected chi connectivity index (χ4v) is 2.82. The van der Waals surface area contributed by atoms with Gasteiger partial charge in [0.25, 0.3) is 0 Å². The van der Waals surface area contributed by atoms with Crippen LogP contribution in [0.1, 0.15) is 27.2 Å². The molecule has 3 aromatic rings. The molecule has 0 aliphatic carbocycles. The molecule has 148 valence electrons. The minimum Gasteiger partial charge on any atom is -0.465 e. The maximum atomic E-state index is 12.0. The van der Waals surface area contributed by atoms with Crippen molar-refractivity contribution in [1.82, 2.24) is 5.43 Å². The van der Waals surface area contributed by atoms with Crippen molar-refractivity contribution in [2.45, 2.75) is 13.3 Å². The molecular weight excluding hydrogens is 392 g/mol. The third-order valence-corrected chi connectivity index (χ3v) is 4.48. The summed E-state index contributed by atoms with van der Waals surface area (Å²) < 4.78 is 10.4. The molecule has 0 fully saturated rings. The number of carbonyl (C=O) groups excluding carboxylic acids is 2. The predicted octanol–water partition coefficient (Wildman–Crippen LogP) is 4.39. The van der Waals surface area contributed by atoms with E-state index in [1.807, 2.05) is 31.2 Å². The first-order valence-corrected chi connectivity index (χ1v) is 9.19. The van der Waals surface area contributed by atoms with Crippen LogP contribution in [0.5, 0.6) is 0 Å². The predicted molar refractivity (Wildman–Crippen MR) is 111 cm³/mol. The molecule has 0 saturated carbocycles. The number of nitrogens with one attached hydrogen (secondary N) is 1. The number of amides is 1. The number of methoxy groups -OCH3 is 1. The molecule has 0 aliphatic rings. The third-order valence-electron chi connectivity index (χ3n) is 4.15. The van der Waals surface area contributed by atoms with Crippen molar-refractivity contribution < 1.29 is 18.7 Å². The Morgan fingerprint density at radius 1 is 1.14 bits per heavy atom. The quantitative estimate of drug-likeness (QED) is 0.371. The Hall–Kier alpha value is -3.38. The Balaban J connectivity index is 1.63. The average Bonchev–Trinajstić information content (AvgIpc) is 3.18. The summed E-state index contributed by atoms with van der Waals surface area (Å²) >= 11 is 6.03. The summed E-state index contributed by atoms with van der Waals surface area (Å²) in [4.78, 5) is 23.7. The molecule has 6 nitrogen and oxygen atoms in total. The molecule has 0 atom stereocenters. The number of ether oxygens (including phenoxy) is 1. The van der Waals surface area contributed by atoms with Gasteiger partial charge in [-0.05, 0) is 42.8 Å². The summed E-state index contributed by atoms with van der Waals surface area (Å²) in [7, 11) is 1.29. The highest BCUT2D eigenvalue weighted by molar-refractivity contribution is 6.33. The molecule has 0 saturated heterocycles. The first-order valence-electron chi connectivity index (χ1n) is 8.82. The lowest BCUT2D eigenvalue weighted by molar-refractivity contribution is -0.120. The maximum absolute atomic E-state index is 12.0. The van der Waals surface area contributed by atoms with Crippen LogP contribution in [0.3, 0.4) is 0 Å². The van der Waals surface area contributed by atoms with Crippen molar-refractivity contribution in [2.75, 3.05) is 7.11 Å². The molecule has 2 aromatic carbocycles. The highest BCUT2D eigenvalue weighted by atomic mass is 35.5. The summed E-state index contributed by atoms with van der Waals surface area (Å²) in [6.07, 6.45) is 1.65. The summed E-state index contributed by atoms with van der Waals surface area (Å²) in [5.41, 5.74) is 5.44. The van der Waals surface area contributed by atoms with Crippen LogP contribution < -0.4 is 5.43 Å². The first-order chi connectivity index (χ1) is 14.0. The molecule has 0 aliphatic heterocycles. The van der Waals surface area contributed by atoms with Gasteiger partial charge in [0.15, 0.2) is 0 Å². The second-order valence-electron chi connectivity index (χ2n) is 6.34. The van der Waals surface area contributed by atoms with Crippen molar-refractivity contribution in [3.05, 3.63) is 82.1 Å². The van der Waals surface area contributed by atoms with E-state index in [0.29, 0.717) is 22.1 Å². The van der Waals surface area contributed by atoms with Gasteiger partial charge in [0.1, 0.15) is 11.5 Å². The van der Waals surface area contributed by atoms with Crippen molar-refractivity contribution >= 4 is 29.7 Å². The van der Waals surface area contributed by atoms with E-state index in [1.54, 1.807) is 30.3 Å². The largest absolute Gasteiger partial charge is 0.465 e. The van der Waals surface area contributed by atoms with Crippen LogP contribution >= 0.6 is 11.6 Å². The van der Waals surface area contributed by atoms with Gasteiger partial charge in [0, 0.05) is 5.56 Å². The van der Waals surface area contributed by atoms with Crippen molar-refractivity contribution in [1.29, 1.82) is 0 Å². The van der Waals surface area contributed by atoms with Crippen LogP contribution in [0, 0.1) is 6.92 Å². The number of hydrogen-bond donors (Lipinski definition) is 1. The van der Waals surface area contributed by atoms with Gasteiger partial charge in [-0.1, -0.05) is 41.4 Å². The van der Waals surface area contributed by atoms with Crippen LogP contribution in [0.2, 0.25) is 5.02 Å². The van der Waals surface area contributed by atoms with E-state index < -0.39 is 5.97 Å². The summed E-state index contributed by atoms with van der Waals surface area (Å²) in [6, 6.07) is 16.1. The molecule has 1 heterocycles. The average molecular weight is 411 g/mol. The fourth-order valence-electron chi connectivity index (χ4n) is 2.62. The molecule has 1 amide bonds. The zero-order chi connectivity index (χ0) is 20.8. The molecule has 0 spiro atoms. The number of benzene rings is 2. The molecule has 7 heteroatoms. The summed E-state index contributed by atoms with van der Waals surface area (Å²) in [6.45, 7) is 1.99.